The van der Waals surface area contributed by atoms with E-state index in [1.165, 1.54) is 16.6 Å². The quantitative estimate of drug-likeness (QED) is 0.605. The molecule has 0 fully saturated rings. The van der Waals surface area contributed by atoms with Crippen molar-refractivity contribution < 1.29 is 4.65 Å². The van der Waals surface area contributed by atoms with Gasteiger partial charge in [-0.1, -0.05) is 45.8 Å². The average Bonchev–Trinajstić information content (AvgIpc) is 2.36. The highest BCUT2D eigenvalue weighted by Crippen LogP contribution is 2.32. The molecule has 0 N–H and O–H groups in total. The minimum atomic E-state index is -0.134. The molecule has 0 bridgehead atoms. The molecule has 1 aromatic carbocycles. The fourth-order valence-electron chi connectivity index (χ4n) is 2.48. The topological polar surface area (TPSA) is 9.23 Å². The summed E-state index contributed by atoms with van der Waals surface area (Å²) < 4.78 is 5.99. The highest BCUT2D eigenvalue weighted by atomic mass is 16.5. The number of hydrogen-bond donors (Lipinski definition) is 0. The van der Waals surface area contributed by atoms with Crippen molar-refractivity contribution in [1.82, 2.24) is 0 Å². The molecule has 0 spiro atoms. The fraction of sp³-hybridized carbons (Fsp3) is 0.571. The van der Waals surface area contributed by atoms with E-state index in [1.54, 1.807) is 0 Å². The van der Waals surface area contributed by atoms with Gasteiger partial charge in [0.05, 0.1) is 5.60 Å². The van der Waals surface area contributed by atoms with Gasteiger partial charge in [-0.2, -0.15) is 0 Å². The zero-order chi connectivity index (χ0) is 12.1. The minimum Gasteiger partial charge on any atom is -0.422 e. The summed E-state index contributed by atoms with van der Waals surface area (Å²) in [6.45, 7) is 13.4. The Morgan fingerprint density at radius 3 is 2.38 bits per heavy atom. The highest BCUT2D eigenvalue weighted by molar-refractivity contribution is 6.67. The summed E-state index contributed by atoms with van der Waals surface area (Å²) in [5, 5.41) is 0. The third-order valence-corrected chi connectivity index (χ3v) is 3.48. The second-order valence-electron chi connectivity index (χ2n) is 6.32. The third-order valence-electron chi connectivity index (χ3n) is 3.48. The largest absolute Gasteiger partial charge is 0.422 e. The molecular formula is C14H21BO. The maximum atomic E-state index is 5.99. The van der Waals surface area contributed by atoms with Gasteiger partial charge in [-0.05, 0) is 35.9 Å². The van der Waals surface area contributed by atoms with Gasteiger partial charge in [0.15, 0.2) is 0 Å². The molecule has 2 heteroatoms. The Morgan fingerprint density at radius 2 is 1.81 bits per heavy atom. The predicted octanol–water partition coefficient (Wildman–Crippen LogP) is 3.08. The lowest BCUT2D eigenvalue weighted by Gasteiger charge is -2.22. The molecule has 0 radical (unpaired) electrons. The normalized spacial score (nSPS) is 18.8. The molecule has 1 aliphatic rings. The molecule has 0 saturated carbocycles. The van der Waals surface area contributed by atoms with Crippen molar-refractivity contribution in [1.29, 1.82) is 0 Å². The SMILES string of the molecule is CB1OC(C)(C)c2ccc(C(C)(C)C)cc21. The molecule has 1 aromatic rings. The number of rotatable bonds is 0. The molecule has 0 atom stereocenters. The molecular weight excluding hydrogens is 195 g/mol. The first-order valence-corrected chi connectivity index (χ1v) is 6.04. The molecule has 1 heterocycles. The highest BCUT2D eigenvalue weighted by Gasteiger charge is 2.38. The molecule has 1 nitrogen and oxygen atoms in total. The molecule has 2 rings (SSSR count). The summed E-state index contributed by atoms with van der Waals surface area (Å²) in [4.78, 5) is 0. The Morgan fingerprint density at radius 1 is 1.19 bits per heavy atom. The lowest BCUT2D eigenvalue weighted by atomic mass is 9.63. The van der Waals surface area contributed by atoms with Crippen molar-refractivity contribution in [2.45, 2.75) is 52.5 Å². The van der Waals surface area contributed by atoms with Crippen LogP contribution in [0.4, 0.5) is 0 Å². The zero-order valence-corrected chi connectivity index (χ0v) is 11.2. The van der Waals surface area contributed by atoms with Crippen LogP contribution < -0.4 is 5.46 Å². The Kier molecular flexibility index (Phi) is 2.47. The Balaban J connectivity index is 2.53. The van der Waals surface area contributed by atoms with E-state index in [0.29, 0.717) is 0 Å². The van der Waals surface area contributed by atoms with E-state index in [9.17, 15) is 0 Å². The second-order valence-corrected chi connectivity index (χ2v) is 6.32. The molecule has 16 heavy (non-hydrogen) atoms. The van der Waals surface area contributed by atoms with Crippen molar-refractivity contribution in [3.8, 4) is 0 Å². The van der Waals surface area contributed by atoms with Gasteiger partial charge >= 0.3 is 6.92 Å². The lowest BCUT2D eigenvalue weighted by molar-refractivity contribution is 0.124. The van der Waals surface area contributed by atoms with E-state index in [2.05, 4.69) is 59.6 Å². The van der Waals surface area contributed by atoms with Crippen LogP contribution in [-0.2, 0) is 15.7 Å². The van der Waals surface area contributed by atoms with Gasteiger partial charge in [0, 0.05) is 0 Å². The van der Waals surface area contributed by atoms with Crippen LogP contribution in [0.15, 0.2) is 18.2 Å². The van der Waals surface area contributed by atoms with Crippen LogP contribution in [-0.4, -0.2) is 6.92 Å². The van der Waals surface area contributed by atoms with E-state index < -0.39 is 0 Å². The van der Waals surface area contributed by atoms with Crippen LogP contribution in [0, 0.1) is 0 Å². The van der Waals surface area contributed by atoms with Crippen LogP contribution in [0.2, 0.25) is 6.82 Å². The molecule has 0 saturated heterocycles. The maximum absolute atomic E-state index is 5.99. The number of hydrogen-bond acceptors (Lipinski definition) is 1. The molecule has 0 aromatic heterocycles. The molecule has 86 valence electrons. The van der Waals surface area contributed by atoms with Gasteiger partial charge < -0.3 is 4.65 Å². The number of benzene rings is 1. The van der Waals surface area contributed by atoms with Crippen molar-refractivity contribution in [2.24, 2.45) is 0 Å². The molecule has 0 aliphatic carbocycles. The minimum absolute atomic E-state index is 0.134. The zero-order valence-electron chi connectivity index (χ0n) is 11.2. The van der Waals surface area contributed by atoms with E-state index >= 15 is 0 Å². The van der Waals surface area contributed by atoms with Crippen LogP contribution in [0.3, 0.4) is 0 Å². The van der Waals surface area contributed by atoms with E-state index in [1.807, 2.05) is 0 Å². The van der Waals surface area contributed by atoms with Crippen LogP contribution >= 0.6 is 0 Å². The van der Waals surface area contributed by atoms with Crippen molar-refractivity contribution >= 4 is 12.4 Å². The molecule has 1 aliphatic heterocycles. The first-order chi connectivity index (χ1) is 7.22. The summed E-state index contributed by atoms with van der Waals surface area (Å²) in [6, 6.07) is 6.79. The Hall–Kier alpha value is -0.755. The van der Waals surface area contributed by atoms with Gasteiger partial charge in [-0.15, -0.1) is 0 Å². The Labute approximate surface area is 99.3 Å². The van der Waals surface area contributed by atoms with E-state index in [4.69, 9.17) is 4.65 Å². The second kappa shape index (κ2) is 3.37. The van der Waals surface area contributed by atoms with Gasteiger partial charge in [0.1, 0.15) is 0 Å². The summed E-state index contributed by atoms with van der Waals surface area (Å²) in [6.07, 6.45) is 0. The summed E-state index contributed by atoms with van der Waals surface area (Å²) in [5.41, 5.74) is 4.16. The predicted molar refractivity (Wildman–Crippen MR) is 70.5 cm³/mol. The van der Waals surface area contributed by atoms with Crippen LogP contribution in [0.1, 0.15) is 45.7 Å². The van der Waals surface area contributed by atoms with Crippen molar-refractivity contribution in [3.05, 3.63) is 29.3 Å². The average molecular weight is 216 g/mol. The molecule has 0 amide bonds. The monoisotopic (exact) mass is 216 g/mol. The van der Waals surface area contributed by atoms with Gasteiger partial charge in [0.25, 0.3) is 0 Å². The number of fused-ring (bicyclic) bond motifs is 1. The lowest BCUT2D eigenvalue weighted by Crippen LogP contribution is -2.26. The van der Waals surface area contributed by atoms with Gasteiger partial charge in [-0.25, -0.2) is 0 Å². The maximum Gasteiger partial charge on any atom is 0.325 e. The summed E-state index contributed by atoms with van der Waals surface area (Å²) in [7, 11) is 0. The van der Waals surface area contributed by atoms with Gasteiger partial charge in [0.2, 0.25) is 0 Å². The standard InChI is InChI=1S/C14H21BO/c1-13(2,3)10-7-8-11-12(9-10)15(6)16-14(11,4)5/h7-9H,1-6H3. The smallest absolute Gasteiger partial charge is 0.325 e. The first-order valence-electron chi connectivity index (χ1n) is 6.04. The van der Waals surface area contributed by atoms with Crippen molar-refractivity contribution in [3.63, 3.8) is 0 Å². The van der Waals surface area contributed by atoms with Gasteiger partial charge in [-0.3, -0.25) is 0 Å². The van der Waals surface area contributed by atoms with E-state index in [0.717, 1.165) is 0 Å². The first kappa shape index (κ1) is 11.7. The van der Waals surface area contributed by atoms with Crippen molar-refractivity contribution in [2.75, 3.05) is 0 Å². The summed E-state index contributed by atoms with van der Waals surface area (Å²) >= 11 is 0. The molecule has 0 unspecified atom stereocenters. The Bertz CT molecular complexity index is 415. The van der Waals surface area contributed by atoms with E-state index in [-0.39, 0.29) is 17.9 Å². The fourth-order valence-corrected chi connectivity index (χ4v) is 2.48. The van der Waals surface area contributed by atoms with Crippen LogP contribution in [0.25, 0.3) is 0 Å². The van der Waals surface area contributed by atoms with Crippen LogP contribution in [0.5, 0.6) is 0 Å². The third kappa shape index (κ3) is 1.80. The summed E-state index contributed by atoms with van der Waals surface area (Å²) in [5.74, 6) is 0.